The number of amides is 2. The molecule has 0 radical (unpaired) electrons. The molecule has 1 N–H and O–H groups in total. The standard InChI is InChI=1S/C20H21N3O6S/c1-3-29-18-9-4-13(10-16(18)23(26)27)20(25)22-12-30-11-17(22)19(24)21-14-5-7-15(28-2)8-6-14/h4-10,17H,3,11-12H2,1-2H3,(H,21,24). The van der Waals surface area contributed by atoms with Crippen molar-refractivity contribution in [2.75, 3.05) is 30.7 Å². The summed E-state index contributed by atoms with van der Waals surface area (Å²) in [6.07, 6.45) is 0. The Morgan fingerprint density at radius 3 is 2.63 bits per heavy atom. The summed E-state index contributed by atoms with van der Waals surface area (Å²) in [5, 5.41) is 14.1. The van der Waals surface area contributed by atoms with Gasteiger partial charge < -0.3 is 19.7 Å². The Hall–Kier alpha value is -3.27. The molecule has 1 aliphatic heterocycles. The topological polar surface area (TPSA) is 111 Å². The first-order valence-corrected chi connectivity index (χ1v) is 10.3. The predicted molar refractivity (Wildman–Crippen MR) is 113 cm³/mol. The van der Waals surface area contributed by atoms with Crippen molar-refractivity contribution in [3.63, 3.8) is 0 Å². The third-order valence-electron chi connectivity index (χ3n) is 4.51. The van der Waals surface area contributed by atoms with Crippen molar-refractivity contribution in [3.8, 4) is 11.5 Å². The largest absolute Gasteiger partial charge is 0.497 e. The molecule has 10 heteroatoms. The molecule has 2 aromatic rings. The number of nitrogens with one attached hydrogen (secondary N) is 1. The highest BCUT2D eigenvalue weighted by Crippen LogP contribution is 2.30. The van der Waals surface area contributed by atoms with Gasteiger partial charge in [0.25, 0.3) is 5.91 Å². The van der Waals surface area contributed by atoms with E-state index in [9.17, 15) is 19.7 Å². The quantitative estimate of drug-likeness (QED) is 0.529. The van der Waals surface area contributed by atoms with Crippen LogP contribution in [0.2, 0.25) is 0 Å². The van der Waals surface area contributed by atoms with Crippen LogP contribution in [0.1, 0.15) is 17.3 Å². The zero-order valence-electron chi connectivity index (χ0n) is 16.5. The number of carbonyl (C=O) groups is 2. The molecule has 1 aliphatic rings. The summed E-state index contributed by atoms with van der Waals surface area (Å²) in [5.74, 6) is 0.759. The van der Waals surface area contributed by atoms with E-state index in [0.717, 1.165) is 0 Å². The minimum Gasteiger partial charge on any atom is -0.497 e. The van der Waals surface area contributed by atoms with Crippen molar-refractivity contribution in [2.24, 2.45) is 0 Å². The minimum atomic E-state index is -0.685. The third-order valence-corrected chi connectivity index (χ3v) is 5.52. The van der Waals surface area contributed by atoms with Crippen molar-refractivity contribution in [3.05, 3.63) is 58.1 Å². The Morgan fingerprint density at radius 2 is 2.00 bits per heavy atom. The molecule has 2 amide bonds. The number of carbonyl (C=O) groups excluding carboxylic acids is 2. The number of thioether (sulfide) groups is 1. The van der Waals surface area contributed by atoms with Crippen LogP contribution in [0.15, 0.2) is 42.5 Å². The SMILES string of the molecule is CCOc1ccc(C(=O)N2CSCC2C(=O)Nc2ccc(OC)cc2)cc1[N+](=O)[O-]. The van der Waals surface area contributed by atoms with Gasteiger partial charge in [-0.3, -0.25) is 19.7 Å². The molecule has 9 nitrogen and oxygen atoms in total. The normalized spacial score (nSPS) is 15.5. The van der Waals surface area contributed by atoms with Gasteiger partial charge >= 0.3 is 5.69 Å². The molecule has 0 aliphatic carbocycles. The summed E-state index contributed by atoms with van der Waals surface area (Å²) < 4.78 is 10.4. The summed E-state index contributed by atoms with van der Waals surface area (Å²) >= 11 is 1.45. The van der Waals surface area contributed by atoms with Gasteiger partial charge in [-0.15, -0.1) is 11.8 Å². The molecular formula is C20H21N3O6S. The van der Waals surface area contributed by atoms with E-state index in [4.69, 9.17) is 9.47 Å². The fourth-order valence-electron chi connectivity index (χ4n) is 3.00. The molecule has 0 saturated carbocycles. The molecule has 0 aromatic heterocycles. The van der Waals surface area contributed by atoms with Gasteiger partial charge in [0.05, 0.1) is 24.5 Å². The van der Waals surface area contributed by atoms with E-state index >= 15 is 0 Å². The van der Waals surface area contributed by atoms with Crippen LogP contribution in [0.25, 0.3) is 0 Å². The van der Waals surface area contributed by atoms with Gasteiger partial charge in [-0.1, -0.05) is 0 Å². The van der Waals surface area contributed by atoms with E-state index < -0.39 is 16.9 Å². The Balaban J connectivity index is 1.77. The summed E-state index contributed by atoms with van der Waals surface area (Å²) in [6, 6.07) is 10.3. The molecule has 0 spiro atoms. The Morgan fingerprint density at radius 1 is 1.27 bits per heavy atom. The zero-order valence-corrected chi connectivity index (χ0v) is 17.3. The highest BCUT2D eigenvalue weighted by molar-refractivity contribution is 7.99. The van der Waals surface area contributed by atoms with Crippen molar-refractivity contribution < 1.29 is 24.0 Å². The molecule has 1 unspecified atom stereocenters. The number of hydrogen-bond donors (Lipinski definition) is 1. The van der Waals surface area contributed by atoms with Crippen molar-refractivity contribution in [1.29, 1.82) is 0 Å². The van der Waals surface area contributed by atoms with Gasteiger partial charge in [0.1, 0.15) is 11.8 Å². The number of nitro groups is 1. The van der Waals surface area contributed by atoms with Gasteiger partial charge in [-0.05, 0) is 43.3 Å². The highest BCUT2D eigenvalue weighted by Gasteiger charge is 2.36. The highest BCUT2D eigenvalue weighted by atomic mass is 32.2. The minimum absolute atomic E-state index is 0.101. The van der Waals surface area contributed by atoms with Crippen LogP contribution in [-0.4, -0.2) is 53.0 Å². The molecule has 1 saturated heterocycles. The van der Waals surface area contributed by atoms with Gasteiger partial charge in [0.2, 0.25) is 5.91 Å². The first-order chi connectivity index (χ1) is 14.4. The first-order valence-electron chi connectivity index (χ1n) is 9.19. The summed E-state index contributed by atoms with van der Waals surface area (Å²) in [7, 11) is 1.55. The lowest BCUT2D eigenvalue weighted by Gasteiger charge is -2.23. The van der Waals surface area contributed by atoms with Gasteiger partial charge in [0, 0.05) is 23.1 Å². The molecule has 3 rings (SSSR count). The van der Waals surface area contributed by atoms with Crippen LogP contribution in [0.5, 0.6) is 11.5 Å². The maximum Gasteiger partial charge on any atom is 0.311 e. The lowest BCUT2D eigenvalue weighted by molar-refractivity contribution is -0.385. The van der Waals surface area contributed by atoms with Crippen molar-refractivity contribution in [1.82, 2.24) is 4.90 Å². The maximum atomic E-state index is 13.0. The van der Waals surface area contributed by atoms with E-state index in [2.05, 4.69) is 5.32 Å². The van der Waals surface area contributed by atoms with E-state index in [1.54, 1.807) is 38.3 Å². The lowest BCUT2D eigenvalue weighted by Crippen LogP contribution is -2.44. The van der Waals surface area contributed by atoms with Crippen LogP contribution in [-0.2, 0) is 4.79 Å². The molecule has 1 fully saturated rings. The lowest BCUT2D eigenvalue weighted by atomic mass is 10.1. The van der Waals surface area contributed by atoms with E-state index in [1.807, 2.05) is 0 Å². The first kappa shape index (κ1) is 21.4. The number of benzene rings is 2. The Bertz CT molecular complexity index is 950. The van der Waals surface area contributed by atoms with Crippen LogP contribution in [0, 0.1) is 10.1 Å². The molecule has 1 atom stereocenters. The zero-order chi connectivity index (χ0) is 21.7. The van der Waals surface area contributed by atoms with Gasteiger partial charge in [-0.25, -0.2) is 0 Å². The van der Waals surface area contributed by atoms with Crippen LogP contribution < -0.4 is 14.8 Å². The summed E-state index contributed by atoms with van der Waals surface area (Å²) in [6.45, 7) is 1.99. The van der Waals surface area contributed by atoms with E-state index in [-0.39, 0.29) is 29.5 Å². The van der Waals surface area contributed by atoms with Crippen LogP contribution >= 0.6 is 11.8 Å². The molecule has 158 valence electrons. The number of nitro benzene ring substituents is 1. The second-order valence-electron chi connectivity index (χ2n) is 6.38. The monoisotopic (exact) mass is 431 g/mol. The van der Waals surface area contributed by atoms with E-state index in [0.29, 0.717) is 23.1 Å². The van der Waals surface area contributed by atoms with Crippen molar-refractivity contribution in [2.45, 2.75) is 13.0 Å². The molecule has 2 aromatic carbocycles. The fourth-order valence-corrected chi connectivity index (χ4v) is 4.15. The summed E-state index contributed by atoms with van der Waals surface area (Å²) in [5.41, 5.74) is 0.436. The average Bonchev–Trinajstić information content (AvgIpc) is 3.24. The second kappa shape index (κ2) is 9.49. The number of rotatable bonds is 7. The summed E-state index contributed by atoms with van der Waals surface area (Å²) in [4.78, 5) is 37.9. The smallest absolute Gasteiger partial charge is 0.311 e. The van der Waals surface area contributed by atoms with Crippen LogP contribution in [0.3, 0.4) is 0 Å². The number of nitrogens with zero attached hydrogens (tertiary/aromatic N) is 2. The van der Waals surface area contributed by atoms with Crippen molar-refractivity contribution >= 4 is 35.0 Å². The molecule has 1 heterocycles. The third kappa shape index (κ3) is 4.65. The molecular weight excluding hydrogens is 410 g/mol. The number of anilines is 1. The predicted octanol–water partition coefficient (Wildman–Crippen LogP) is 3.16. The average molecular weight is 431 g/mol. The molecule has 0 bridgehead atoms. The number of methoxy groups -OCH3 is 1. The van der Waals surface area contributed by atoms with Gasteiger partial charge in [-0.2, -0.15) is 0 Å². The Kier molecular flexibility index (Phi) is 6.78. The number of ether oxygens (including phenoxy) is 2. The van der Waals surface area contributed by atoms with Gasteiger partial charge in [0.15, 0.2) is 5.75 Å². The molecule has 30 heavy (non-hydrogen) atoms. The second-order valence-corrected chi connectivity index (χ2v) is 7.38. The number of hydrogen-bond acceptors (Lipinski definition) is 7. The fraction of sp³-hybridized carbons (Fsp3) is 0.300. The maximum absolute atomic E-state index is 13.0. The van der Waals surface area contributed by atoms with Crippen LogP contribution in [0.4, 0.5) is 11.4 Å². The van der Waals surface area contributed by atoms with E-state index in [1.165, 1.54) is 34.9 Å². The Labute approximate surface area is 177 Å².